The van der Waals surface area contributed by atoms with E-state index in [-0.39, 0.29) is 34.7 Å². The quantitative estimate of drug-likeness (QED) is 0.495. The SMILES string of the molecule is CCCn1c(O)c(C#N)c(C)c(N=Nc2cc([N+](=O)[O-])ccc2C)c1=O. The number of aryl methyl sites for hydroxylation is 1. The van der Waals surface area contributed by atoms with Gasteiger partial charge >= 0.3 is 0 Å². The third-order valence-electron chi connectivity index (χ3n) is 3.88. The molecule has 0 aliphatic rings. The molecule has 0 fully saturated rings. The number of azo groups is 1. The van der Waals surface area contributed by atoms with Crippen molar-refractivity contribution in [2.24, 2.45) is 10.2 Å². The Kier molecular flexibility index (Phi) is 5.47. The summed E-state index contributed by atoms with van der Waals surface area (Å²) >= 11 is 0. The highest BCUT2D eigenvalue weighted by Gasteiger charge is 2.19. The number of nitro groups is 1. The normalized spacial score (nSPS) is 10.8. The van der Waals surface area contributed by atoms with Gasteiger partial charge in [-0.1, -0.05) is 13.0 Å². The van der Waals surface area contributed by atoms with Crippen LogP contribution in [0, 0.1) is 35.3 Å². The lowest BCUT2D eigenvalue weighted by Gasteiger charge is -2.11. The molecule has 26 heavy (non-hydrogen) atoms. The maximum atomic E-state index is 12.6. The van der Waals surface area contributed by atoms with Gasteiger partial charge in [-0.05, 0) is 25.8 Å². The zero-order valence-electron chi connectivity index (χ0n) is 14.6. The first-order valence-electron chi connectivity index (χ1n) is 7.85. The number of aromatic nitrogens is 1. The van der Waals surface area contributed by atoms with Crippen LogP contribution in [0.3, 0.4) is 0 Å². The zero-order valence-corrected chi connectivity index (χ0v) is 14.6. The fourth-order valence-electron chi connectivity index (χ4n) is 2.41. The Morgan fingerprint density at radius 3 is 2.62 bits per heavy atom. The molecule has 2 rings (SSSR count). The molecule has 0 amide bonds. The van der Waals surface area contributed by atoms with Gasteiger partial charge in [0.05, 0.1) is 10.6 Å². The summed E-state index contributed by atoms with van der Waals surface area (Å²) in [6.45, 7) is 5.24. The zero-order chi connectivity index (χ0) is 19.4. The van der Waals surface area contributed by atoms with Crippen LogP contribution >= 0.6 is 0 Å². The van der Waals surface area contributed by atoms with Crippen molar-refractivity contribution < 1.29 is 10.0 Å². The standard InChI is InChI=1S/C17H17N5O4/c1-4-7-21-16(23)13(9-18)11(3)15(17(21)24)20-19-14-8-12(22(25)26)6-5-10(14)2/h5-6,8,23H,4,7H2,1-3H3. The number of nitriles is 1. The fraction of sp³-hybridized carbons (Fsp3) is 0.294. The number of non-ortho nitro benzene ring substituents is 1. The van der Waals surface area contributed by atoms with Gasteiger partial charge in [0, 0.05) is 24.2 Å². The Hall–Kier alpha value is -3.54. The van der Waals surface area contributed by atoms with Gasteiger partial charge in [-0.25, -0.2) is 0 Å². The predicted molar refractivity (Wildman–Crippen MR) is 94.1 cm³/mol. The molecule has 0 saturated heterocycles. The topological polar surface area (TPSA) is 134 Å². The van der Waals surface area contributed by atoms with E-state index in [2.05, 4.69) is 10.2 Å². The average molecular weight is 355 g/mol. The first kappa shape index (κ1) is 18.8. The monoisotopic (exact) mass is 355 g/mol. The van der Waals surface area contributed by atoms with Gasteiger partial charge in [0.25, 0.3) is 11.2 Å². The summed E-state index contributed by atoms with van der Waals surface area (Å²) in [6, 6.07) is 6.00. The Labute approximate surface area is 149 Å². The fourth-order valence-corrected chi connectivity index (χ4v) is 2.41. The number of hydrogen-bond donors (Lipinski definition) is 1. The highest BCUT2D eigenvalue weighted by Crippen LogP contribution is 2.29. The van der Waals surface area contributed by atoms with E-state index in [1.807, 2.05) is 13.0 Å². The number of benzene rings is 1. The lowest BCUT2D eigenvalue weighted by Crippen LogP contribution is -2.21. The molecule has 1 heterocycles. The lowest BCUT2D eigenvalue weighted by molar-refractivity contribution is -0.384. The van der Waals surface area contributed by atoms with Crippen LogP contribution in [0.15, 0.2) is 33.2 Å². The minimum absolute atomic E-state index is 0.0530. The summed E-state index contributed by atoms with van der Waals surface area (Å²) in [4.78, 5) is 22.9. The van der Waals surface area contributed by atoms with E-state index in [0.717, 1.165) is 4.57 Å². The van der Waals surface area contributed by atoms with Crippen molar-refractivity contribution >= 4 is 17.1 Å². The van der Waals surface area contributed by atoms with E-state index in [1.54, 1.807) is 6.92 Å². The molecule has 0 spiro atoms. The maximum Gasteiger partial charge on any atom is 0.281 e. The number of nitrogens with zero attached hydrogens (tertiary/aromatic N) is 5. The molecule has 9 heteroatoms. The molecule has 134 valence electrons. The van der Waals surface area contributed by atoms with Crippen LogP contribution in [-0.4, -0.2) is 14.6 Å². The molecule has 0 radical (unpaired) electrons. The van der Waals surface area contributed by atoms with E-state index in [9.17, 15) is 25.3 Å². The highest BCUT2D eigenvalue weighted by atomic mass is 16.6. The third-order valence-corrected chi connectivity index (χ3v) is 3.88. The van der Waals surface area contributed by atoms with Crippen molar-refractivity contribution in [1.29, 1.82) is 5.26 Å². The maximum absolute atomic E-state index is 12.6. The van der Waals surface area contributed by atoms with Crippen molar-refractivity contribution in [3.63, 3.8) is 0 Å². The Morgan fingerprint density at radius 1 is 1.35 bits per heavy atom. The van der Waals surface area contributed by atoms with Crippen LogP contribution in [0.25, 0.3) is 0 Å². The van der Waals surface area contributed by atoms with Crippen molar-refractivity contribution in [1.82, 2.24) is 4.57 Å². The molecule has 2 aromatic rings. The van der Waals surface area contributed by atoms with E-state index < -0.39 is 16.4 Å². The molecule has 0 aliphatic carbocycles. The minimum Gasteiger partial charge on any atom is -0.493 e. The van der Waals surface area contributed by atoms with Crippen LogP contribution < -0.4 is 5.56 Å². The molecular weight excluding hydrogens is 338 g/mol. The molecule has 1 N–H and O–H groups in total. The Bertz CT molecular complexity index is 1000. The Balaban J connectivity index is 2.64. The second-order valence-electron chi connectivity index (χ2n) is 5.67. The van der Waals surface area contributed by atoms with Gasteiger partial charge in [-0.15, -0.1) is 10.2 Å². The van der Waals surface area contributed by atoms with E-state index in [0.29, 0.717) is 12.0 Å². The predicted octanol–water partition coefficient (Wildman–Crippen LogP) is 3.78. The van der Waals surface area contributed by atoms with Crippen LogP contribution in [0.5, 0.6) is 5.88 Å². The van der Waals surface area contributed by atoms with E-state index in [1.165, 1.54) is 25.1 Å². The molecule has 1 aromatic carbocycles. The summed E-state index contributed by atoms with van der Waals surface area (Å²) in [5, 5.41) is 38.2. The van der Waals surface area contributed by atoms with Crippen molar-refractivity contribution in [2.75, 3.05) is 0 Å². The first-order chi connectivity index (χ1) is 12.3. The van der Waals surface area contributed by atoms with Crippen molar-refractivity contribution in [3.05, 3.63) is 55.4 Å². The molecule has 0 atom stereocenters. The molecule has 1 aromatic heterocycles. The molecule has 9 nitrogen and oxygen atoms in total. The number of aromatic hydroxyl groups is 1. The number of hydrogen-bond acceptors (Lipinski definition) is 7. The van der Waals surface area contributed by atoms with Gasteiger partial charge in [0.1, 0.15) is 11.6 Å². The largest absolute Gasteiger partial charge is 0.493 e. The number of nitro benzene ring substituents is 1. The molecule has 0 aliphatic heterocycles. The van der Waals surface area contributed by atoms with Gasteiger partial charge in [0.15, 0.2) is 5.69 Å². The first-order valence-corrected chi connectivity index (χ1v) is 7.85. The summed E-state index contributed by atoms with van der Waals surface area (Å²) in [6.07, 6.45) is 0.571. The van der Waals surface area contributed by atoms with Gasteiger partial charge in [-0.2, -0.15) is 5.26 Å². The van der Waals surface area contributed by atoms with E-state index in [4.69, 9.17) is 0 Å². The molecule has 0 saturated carbocycles. The molecule has 0 bridgehead atoms. The number of rotatable bonds is 5. The molecule has 0 unspecified atom stereocenters. The van der Waals surface area contributed by atoms with Gasteiger partial charge in [0.2, 0.25) is 5.88 Å². The number of pyridine rings is 1. The second-order valence-corrected chi connectivity index (χ2v) is 5.67. The summed E-state index contributed by atoms with van der Waals surface area (Å²) < 4.78 is 1.07. The van der Waals surface area contributed by atoms with Crippen LogP contribution in [0.1, 0.15) is 30.0 Å². The van der Waals surface area contributed by atoms with Crippen LogP contribution in [0.2, 0.25) is 0 Å². The minimum atomic E-state index is -0.576. The van der Waals surface area contributed by atoms with Crippen LogP contribution in [-0.2, 0) is 6.54 Å². The summed E-state index contributed by atoms with van der Waals surface area (Å²) in [5.41, 5.74) is 0.230. The highest BCUT2D eigenvalue weighted by molar-refractivity contribution is 5.57. The molecular formula is C17H17N5O4. The summed E-state index contributed by atoms with van der Waals surface area (Å²) in [7, 11) is 0. The lowest BCUT2D eigenvalue weighted by atomic mass is 10.1. The van der Waals surface area contributed by atoms with E-state index >= 15 is 0 Å². The van der Waals surface area contributed by atoms with Crippen LogP contribution in [0.4, 0.5) is 17.1 Å². The third kappa shape index (κ3) is 3.44. The smallest absolute Gasteiger partial charge is 0.281 e. The Morgan fingerprint density at radius 2 is 2.04 bits per heavy atom. The second kappa shape index (κ2) is 7.57. The van der Waals surface area contributed by atoms with Gasteiger partial charge < -0.3 is 5.11 Å². The van der Waals surface area contributed by atoms with Crippen molar-refractivity contribution in [3.8, 4) is 11.9 Å². The average Bonchev–Trinajstić information content (AvgIpc) is 2.60. The van der Waals surface area contributed by atoms with Gasteiger partial charge in [-0.3, -0.25) is 19.5 Å². The van der Waals surface area contributed by atoms with Crippen molar-refractivity contribution in [2.45, 2.75) is 33.7 Å². The summed E-state index contributed by atoms with van der Waals surface area (Å²) in [5.74, 6) is -0.401.